The molecule has 1 heterocycles. The van der Waals surface area contributed by atoms with E-state index in [-0.39, 0.29) is 12.3 Å². The number of carbonyl (C=O) groups is 1. The molecule has 0 N–H and O–H groups in total. The molecule has 2 aromatic carbocycles. The summed E-state index contributed by atoms with van der Waals surface area (Å²) in [5, 5.41) is 11.0. The van der Waals surface area contributed by atoms with E-state index in [9.17, 15) is 14.9 Å². The Morgan fingerprint density at radius 3 is 2.87 bits per heavy atom. The van der Waals surface area contributed by atoms with Crippen LogP contribution in [0.15, 0.2) is 48.8 Å². The molecule has 3 aromatic rings. The Morgan fingerprint density at radius 1 is 1.30 bits per heavy atom. The number of carbonyl (C=O) groups excluding carboxylic acids is 1. The average Bonchev–Trinajstić information content (AvgIpc) is 2.95. The van der Waals surface area contributed by atoms with Crippen LogP contribution >= 0.6 is 0 Å². The highest BCUT2D eigenvalue weighted by Gasteiger charge is 2.16. The summed E-state index contributed by atoms with van der Waals surface area (Å²) in [5.74, 6) is 0. The lowest BCUT2D eigenvalue weighted by atomic mass is 10.2. The minimum atomic E-state index is -0.630. The molecule has 3 rings (SSSR count). The molecule has 0 saturated heterocycles. The van der Waals surface area contributed by atoms with Crippen molar-refractivity contribution in [2.24, 2.45) is 0 Å². The van der Waals surface area contributed by atoms with Gasteiger partial charge in [0, 0.05) is 6.07 Å². The van der Waals surface area contributed by atoms with Gasteiger partial charge in [-0.05, 0) is 30.7 Å². The highest BCUT2D eigenvalue weighted by Crippen LogP contribution is 2.19. The molecule has 0 bridgehead atoms. The SMILES string of the molecule is Cc1ccc2c(c1)ncn2C(=O)OCc1ccccc1[N+](=O)[O-]. The Kier molecular flexibility index (Phi) is 3.76. The number of aromatic nitrogens is 2. The smallest absolute Gasteiger partial charge is 0.420 e. The molecule has 116 valence electrons. The maximum Gasteiger partial charge on any atom is 0.420 e. The second-order valence-corrected chi connectivity index (χ2v) is 5.05. The Bertz CT molecular complexity index is 901. The van der Waals surface area contributed by atoms with Gasteiger partial charge in [-0.15, -0.1) is 0 Å². The number of nitro benzene ring substituents is 1. The van der Waals surface area contributed by atoms with E-state index < -0.39 is 11.0 Å². The van der Waals surface area contributed by atoms with Crippen molar-refractivity contribution in [1.29, 1.82) is 0 Å². The van der Waals surface area contributed by atoms with E-state index in [1.165, 1.54) is 17.0 Å². The van der Waals surface area contributed by atoms with Crippen LogP contribution in [0.1, 0.15) is 11.1 Å². The predicted molar refractivity (Wildman–Crippen MR) is 83.1 cm³/mol. The van der Waals surface area contributed by atoms with Gasteiger partial charge in [0.2, 0.25) is 0 Å². The van der Waals surface area contributed by atoms with Crippen molar-refractivity contribution in [3.8, 4) is 0 Å². The number of aryl methyl sites for hydroxylation is 1. The Hall–Kier alpha value is -3.22. The van der Waals surface area contributed by atoms with Crippen molar-refractivity contribution < 1.29 is 14.5 Å². The maximum atomic E-state index is 12.2. The van der Waals surface area contributed by atoms with Gasteiger partial charge in [-0.3, -0.25) is 10.1 Å². The lowest BCUT2D eigenvalue weighted by Gasteiger charge is -2.06. The lowest BCUT2D eigenvalue weighted by molar-refractivity contribution is -0.385. The monoisotopic (exact) mass is 311 g/mol. The van der Waals surface area contributed by atoms with Gasteiger partial charge in [0.05, 0.1) is 21.5 Å². The van der Waals surface area contributed by atoms with Gasteiger partial charge in [0.15, 0.2) is 0 Å². The first-order valence-corrected chi connectivity index (χ1v) is 6.89. The molecule has 7 nitrogen and oxygen atoms in total. The molecule has 0 amide bonds. The van der Waals surface area contributed by atoms with E-state index in [1.54, 1.807) is 24.3 Å². The highest BCUT2D eigenvalue weighted by molar-refractivity contribution is 5.86. The topological polar surface area (TPSA) is 87.3 Å². The zero-order chi connectivity index (χ0) is 16.4. The number of para-hydroxylation sites is 1. The van der Waals surface area contributed by atoms with E-state index >= 15 is 0 Å². The summed E-state index contributed by atoms with van der Waals surface area (Å²) in [5.41, 5.74) is 2.62. The number of benzene rings is 2. The van der Waals surface area contributed by atoms with Crippen molar-refractivity contribution in [1.82, 2.24) is 9.55 Å². The number of nitro groups is 1. The summed E-state index contributed by atoms with van der Waals surface area (Å²) in [6.45, 7) is 1.76. The minimum absolute atomic E-state index is 0.0774. The van der Waals surface area contributed by atoms with Crippen LogP contribution in [0.2, 0.25) is 0 Å². The fourth-order valence-corrected chi connectivity index (χ4v) is 2.29. The molecule has 1 aromatic heterocycles. The number of hydrogen-bond donors (Lipinski definition) is 0. The molecular formula is C16H13N3O4. The van der Waals surface area contributed by atoms with Gasteiger partial charge in [0.1, 0.15) is 12.9 Å². The van der Waals surface area contributed by atoms with Crippen LogP contribution in [-0.4, -0.2) is 20.6 Å². The molecule has 0 saturated carbocycles. The molecule has 0 radical (unpaired) electrons. The van der Waals surface area contributed by atoms with Gasteiger partial charge in [0.25, 0.3) is 5.69 Å². The summed E-state index contributed by atoms with van der Waals surface area (Å²) in [7, 11) is 0. The third kappa shape index (κ3) is 2.89. The van der Waals surface area contributed by atoms with Crippen molar-refractivity contribution in [2.45, 2.75) is 13.5 Å². The van der Waals surface area contributed by atoms with Crippen LogP contribution in [0.25, 0.3) is 11.0 Å². The van der Waals surface area contributed by atoms with Crippen LogP contribution in [0.3, 0.4) is 0 Å². The maximum absolute atomic E-state index is 12.2. The van der Waals surface area contributed by atoms with Crippen LogP contribution < -0.4 is 0 Å². The molecule has 23 heavy (non-hydrogen) atoms. The summed E-state index contributed by atoms with van der Waals surface area (Å²) in [6.07, 6.45) is 0.751. The number of ether oxygens (including phenoxy) is 1. The number of imidazole rings is 1. The highest BCUT2D eigenvalue weighted by atomic mass is 16.6. The van der Waals surface area contributed by atoms with Gasteiger partial charge in [-0.25, -0.2) is 14.3 Å². The normalized spacial score (nSPS) is 10.7. The third-order valence-corrected chi connectivity index (χ3v) is 3.44. The zero-order valence-electron chi connectivity index (χ0n) is 12.3. The van der Waals surface area contributed by atoms with E-state index in [2.05, 4.69) is 4.98 Å². The van der Waals surface area contributed by atoms with Crippen molar-refractivity contribution in [3.05, 3.63) is 70.0 Å². The second kappa shape index (κ2) is 5.88. The molecular weight excluding hydrogens is 298 g/mol. The third-order valence-electron chi connectivity index (χ3n) is 3.44. The fourth-order valence-electron chi connectivity index (χ4n) is 2.29. The Labute approximate surface area is 131 Å². The van der Waals surface area contributed by atoms with Gasteiger partial charge in [-0.2, -0.15) is 0 Å². The largest absolute Gasteiger partial charge is 0.444 e. The molecule has 0 aliphatic heterocycles. The molecule has 0 fully saturated rings. The summed E-state index contributed by atoms with van der Waals surface area (Å²) < 4.78 is 6.46. The van der Waals surface area contributed by atoms with Crippen LogP contribution in [0, 0.1) is 17.0 Å². The Morgan fingerprint density at radius 2 is 2.09 bits per heavy atom. The summed E-state index contributed by atoms with van der Waals surface area (Å²) in [6, 6.07) is 11.7. The van der Waals surface area contributed by atoms with E-state index in [0.29, 0.717) is 16.6 Å². The van der Waals surface area contributed by atoms with Crippen molar-refractivity contribution in [2.75, 3.05) is 0 Å². The first-order valence-electron chi connectivity index (χ1n) is 6.89. The number of hydrogen-bond acceptors (Lipinski definition) is 5. The molecule has 0 aliphatic carbocycles. The molecule has 7 heteroatoms. The van der Waals surface area contributed by atoms with E-state index in [1.807, 2.05) is 19.1 Å². The van der Waals surface area contributed by atoms with E-state index in [0.717, 1.165) is 5.56 Å². The summed E-state index contributed by atoms with van der Waals surface area (Å²) >= 11 is 0. The molecule has 0 unspecified atom stereocenters. The first-order chi connectivity index (χ1) is 11.1. The lowest BCUT2D eigenvalue weighted by Crippen LogP contribution is -2.13. The van der Waals surface area contributed by atoms with Crippen LogP contribution in [-0.2, 0) is 11.3 Å². The van der Waals surface area contributed by atoms with Crippen molar-refractivity contribution in [3.63, 3.8) is 0 Å². The summed E-state index contributed by atoms with van der Waals surface area (Å²) in [4.78, 5) is 26.8. The quantitative estimate of drug-likeness (QED) is 0.546. The number of rotatable bonds is 3. The van der Waals surface area contributed by atoms with Crippen LogP contribution in [0.5, 0.6) is 0 Å². The minimum Gasteiger partial charge on any atom is -0.444 e. The molecule has 0 aliphatic rings. The van der Waals surface area contributed by atoms with Gasteiger partial charge < -0.3 is 4.74 Å². The first kappa shape index (κ1) is 14.7. The zero-order valence-corrected chi connectivity index (χ0v) is 12.3. The molecule has 0 atom stereocenters. The predicted octanol–water partition coefficient (Wildman–Crippen LogP) is 3.44. The molecule has 0 spiro atoms. The van der Waals surface area contributed by atoms with Gasteiger partial charge in [-0.1, -0.05) is 18.2 Å². The standard InChI is InChI=1S/C16H13N3O4/c1-11-6-7-15-13(8-11)17-10-18(15)16(20)23-9-12-4-2-3-5-14(12)19(21)22/h2-8,10H,9H2,1H3. The number of fused-ring (bicyclic) bond motifs is 1. The fraction of sp³-hybridized carbons (Fsp3) is 0.125. The van der Waals surface area contributed by atoms with E-state index in [4.69, 9.17) is 4.74 Å². The van der Waals surface area contributed by atoms with Crippen molar-refractivity contribution >= 4 is 22.8 Å². The van der Waals surface area contributed by atoms with Crippen LogP contribution in [0.4, 0.5) is 10.5 Å². The average molecular weight is 311 g/mol. The number of nitrogens with zero attached hydrogens (tertiary/aromatic N) is 3. The Balaban J connectivity index is 1.81. The second-order valence-electron chi connectivity index (χ2n) is 5.05. The van der Waals surface area contributed by atoms with Gasteiger partial charge >= 0.3 is 6.09 Å².